The van der Waals surface area contributed by atoms with E-state index in [1.54, 1.807) is 6.07 Å². The summed E-state index contributed by atoms with van der Waals surface area (Å²) in [5, 5.41) is 13.6. The molecular formula is C18H27NO2. The van der Waals surface area contributed by atoms with E-state index < -0.39 is 0 Å². The average molecular weight is 289 g/mol. The summed E-state index contributed by atoms with van der Waals surface area (Å²) in [6, 6.07) is 6.69. The van der Waals surface area contributed by atoms with Crippen molar-refractivity contribution in [2.24, 2.45) is 5.41 Å². The standard InChI is InChI=1S/C18H27NO2/c1-4-21-17-11-16(18(17,2)3)19-15-7-5-6-12-8-9-13(20)10-14(12)15/h8-10,15-17,19-20H,4-7,11H2,1-3H3. The van der Waals surface area contributed by atoms with Crippen LogP contribution in [-0.2, 0) is 11.2 Å². The largest absolute Gasteiger partial charge is 0.508 e. The molecule has 1 aromatic rings. The van der Waals surface area contributed by atoms with Gasteiger partial charge in [0.05, 0.1) is 6.10 Å². The van der Waals surface area contributed by atoms with Crippen LogP contribution in [0.5, 0.6) is 5.75 Å². The zero-order valence-electron chi connectivity index (χ0n) is 13.4. The fraction of sp³-hybridized carbons (Fsp3) is 0.667. The molecule has 0 saturated heterocycles. The lowest BCUT2D eigenvalue weighted by molar-refractivity contribution is -0.117. The summed E-state index contributed by atoms with van der Waals surface area (Å²) >= 11 is 0. The van der Waals surface area contributed by atoms with Crippen molar-refractivity contribution in [3.63, 3.8) is 0 Å². The summed E-state index contributed by atoms with van der Waals surface area (Å²) in [7, 11) is 0. The van der Waals surface area contributed by atoms with Crippen LogP contribution in [0.2, 0.25) is 0 Å². The minimum absolute atomic E-state index is 0.185. The molecule has 3 heteroatoms. The highest BCUT2D eigenvalue weighted by molar-refractivity contribution is 5.38. The number of nitrogens with one attached hydrogen (secondary N) is 1. The van der Waals surface area contributed by atoms with Gasteiger partial charge in [-0.1, -0.05) is 19.9 Å². The molecular weight excluding hydrogens is 262 g/mol. The van der Waals surface area contributed by atoms with E-state index in [2.05, 4.69) is 32.2 Å². The second-order valence-corrected chi connectivity index (χ2v) is 7.05. The van der Waals surface area contributed by atoms with E-state index in [1.807, 2.05) is 6.07 Å². The molecule has 3 nitrogen and oxygen atoms in total. The maximum absolute atomic E-state index is 9.78. The van der Waals surface area contributed by atoms with Crippen molar-refractivity contribution >= 4 is 0 Å². The Morgan fingerprint density at radius 2 is 2.19 bits per heavy atom. The molecule has 2 aliphatic carbocycles. The van der Waals surface area contributed by atoms with Gasteiger partial charge < -0.3 is 15.2 Å². The Balaban J connectivity index is 1.72. The first-order valence-corrected chi connectivity index (χ1v) is 8.21. The van der Waals surface area contributed by atoms with Crippen LogP contribution < -0.4 is 5.32 Å². The van der Waals surface area contributed by atoms with Crippen molar-refractivity contribution in [1.82, 2.24) is 5.32 Å². The molecule has 0 spiro atoms. The number of fused-ring (bicyclic) bond motifs is 1. The number of ether oxygens (including phenoxy) is 1. The summed E-state index contributed by atoms with van der Waals surface area (Å²) in [5.74, 6) is 0.377. The van der Waals surface area contributed by atoms with Gasteiger partial charge in [0.25, 0.3) is 0 Å². The lowest BCUT2D eigenvalue weighted by Gasteiger charge is -2.53. The van der Waals surface area contributed by atoms with Crippen LogP contribution in [-0.4, -0.2) is 23.9 Å². The molecule has 0 radical (unpaired) electrons. The lowest BCUT2D eigenvalue weighted by Crippen LogP contribution is -2.61. The molecule has 0 bridgehead atoms. The van der Waals surface area contributed by atoms with E-state index in [1.165, 1.54) is 17.5 Å². The molecule has 116 valence electrons. The molecule has 0 amide bonds. The molecule has 2 aliphatic rings. The van der Waals surface area contributed by atoms with Gasteiger partial charge in [0.1, 0.15) is 5.75 Å². The van der Waals surface area contributed by atoms with E-state index in [-0.39, 0.29) is 5.41 Å². The van der Waals surface area contributed by atoms with Crippen LogP contribution in [0.3, 0.4) is 0 Å². The third-order valence-corrected chi connectivity index (χ3v) is 5.39. The summed E-state index contributed by atoms with van der Waals surface area (Å²) in [6.07, 6.45) is 4.96. The number of hydrogen-bond acceptors (Lipinski definition) is 3. The van der Waals surface area contributed by atoms with Gasteiger partial charge in [-0.15, -0.1) is 0 Å². The second kappa shape index (κ2) is 5.62. The maximum atomic E-state index is 9.78. The molecule has 3 atom stereocenters. The molecule has 3 unspecified atom stereocenters. The van der Waals surface area contributed by atoms with Crippen molar-refractivity contribution in [3.8, 4) is 5.75 Å². The van der Waals surface area contributed by atoms with E-state index in [9.17, 15) is 5.11 Å². The van der Waals surface area contributed by atoms with Gasteiger partial charge >= 0.3 is 0 Å². The molecule has 1 fully saturated rings. The SMILES string of the molecule is CCOC1CC(NC2CCCc3ccc(O)cc32)C1(C)C. The van der Waals surface area contributed by atoms with Crippen LogP contribution in [0, 0.1) is 5.41 Å². The van der Waals surface area contributed by atoms with Gasteiger partial charge in [0.15, 0.2) is 0 Å². The van der Waals surface area contributed by atoms with Gasteiger partial charge in [-0.25, -0.2) is 0 Å². The Bertz CT molecular complexity index is 512. The Morgan fingerprint density at radius 3 is 2.90 bits per heavy atom. The zero-order chi connectivity index (χ0) is 15.0. The van der Waals surface area contributed by atoms with Crippen molar-refractivity contribution < 1.29 is 9.84 Å². The molecule has 2 N–H and O–H groups in total. The molecule has 1 saturated carbocycles. The minimum atomic E-state index is 0.185. The summed E-state index contributed by atoms with van der Waals surface area (Å²) in [6.45, 7) is 7.44. The fourth-order valence-corrected chi connectivity index (χ4v) is 3.85. The van der Waals surface area contributed by atoms with Crippen LogP contribution >= 0.6 is 0 Å². The zero-order valence-corrected chi connectivity index (χ0v) is 13.4. The van der Waals surface area contributed by atoms with Crippen LogP contribution in [0.15, 0.2) is 18.2 Å². The topological polar surface area (TPSA) is 41.5 Å². The molecule has 21 heavy (non-hydrogen) atoms. The summed E-state index contributed by atoms with van der Waals surface area (Å²) in [5.41, 5.74) is 2.86. The van der Waals surface area contributed by atoms with Gasteiger partial charge in [-0.2, -0.15) is 0 Å². The summed E-state index contributed by atoms with van der Waals surface area (Å²) in [4.78, 5) is 0. The Kier molecular flexibility index (Phi) is 3.98. The van der Waals surface area contributed by atoms with Crippen LogP contribution in [0.4, 0.5) is 0 Å². The van der Waals surface area contributed by atoms with Gasteiger partial charge in [-0.05, 0) is 55.9 Å². The molecule has 3 rings (SSSR count). The first-order valence-electron chi connectivity index (χ1n) is 8.21. The highest BCUT2D eigenvalue weighted by Crippen LogP contribution is 2.45. The van der Waals surface area contributed by atoms with Crippen molar-refractivity contribution in [3.05, 3.63) is 29.3 Å². The fourth-order valence-electron chi connectivity index (χ4n) is 3.85. The van der Waals surface area contributed by atoms with E-state index in [4.69, 9.17) is 4.74 Å². The number of hydrogen-bond donors (Lipinski definition) is 2. The monoisotopic (exact) mass is 289 g/mol. The predicted molar refractivity (Wildman–Crippen MR) is 84.5 cm³/mol. The van der Waals surface area contributed by atoms with Crippen molar-refractivity contribution in [2.75, 3.05) is 6.61 Å². The van der Waals surface area contributed by atoms with Gasteiger partial charge in [0.2, 0.25) is 0 Å². The number of aryl methyl sites for hydroxylation is 1. The highest BCUT2D eigenvalue weighted by Gasteiger charge is 2.49. The number of aromatic hydroxyl groups is 1. The highest BCUT2D eigenvalue weighted by atomic mass is 16.5. The predicted octanol–water partition coefficient (Wildman–Crippen LogP) is 3.56. The Morgan fingerprint density at radius 1 is 1.38 bits per heavy atom. The number of rotatable bonds is 4. The second-order valence-electron chi connectivity index (χ2n) is 7.05. The smallest absolute Gasteiger partial charge is 0.115 e. The van der Waals surface area contributed by atoms with E-state index in [0.717, 1.165) is 25.9 Å². The Labute approximate surface area is 127 Å². The normalized spacial score (nSPS) is 30.5. The van der Waals surface area contributed by atoms with Gasteiger partial charge in [0, 0.05) is 24.1 Å². The quantitative estimate of drug-likeness (QED) is 0.890. The number of phenols is 1. The molecule has 0 aliphatic heterocycles. The number of benzene rings is 1. The maximum Gasteiger partial charge on any atom is 0.115 e. The molecule has 0 heterocycles. The number of phenolic OH excluding ortho intramolecular Hbond substituents is 1. The first kappa shape index (κ1) is 14.9. The van der Waals surface area contributed by atoms with E-state index >= 15 is 0 Å². The third kappa shape index (κ3) is 2.69. The minimum Gasteiger partial charge on any atom is -0.508 e. The van der Waals surface area contributed by atoms with Crippen molar-refractivity contribution in [2.45, 2.75) is 64.6 Å². The van der Waals surface area contributed by atoms with E-state index in [0.29, 0.717) is 23.9 Å². The Hall–Kier alpha value is -1.06. The lowest BCUT2D eigenvalue weighted by atomic mass is 9.64. The average Bonchev–Trinajstić information content (AvgIpc) is 2.46. The molecule has 1 aromatic carbocycles. The van der Waals surface area contributed by atoms with Crippen LogP contribution in [0.1, 0.15) is 57.2 Å². The molecule has 0 aromatic heterocycles. The van der Waals surface area contributed by atoms with Gasteiger partial charge in [-0.3, -0.25) is 0 Å². The summed E-state index contributed by atoms with van der Waals surface area (Å²) < 4.78 is 5.82. The third-order valence-electron chi connectivity index (χ3n) is 5.39. The van der Waals surface area contributed by atoms with Crippen molar-refractivity contribution in [1.29, 1.82) is 0 Å². The first-order chi connectivity index (χ1) is 10.0. The van der Waals surface area contributed by atoms with Crippen LogP contribution in [0.25, 0.3) is 0 Å².